The molecule has 2 aliphatic rings. The van der Waals surface area contributed by atoms with Crippen molar-refractivity contribution in [2.45, 2.75) is 17.9 Å². The summed E-state index contributed by atoms with van der Waals surface area (Å²) in [6, 6.07) is 7.96. The Morgan fingerprint density at radius 1 is 1.19 bits per heavy atom. The normalized spacial score (nSPS) is 22.0. The van der Waals surface area contributed by atoms with Crippen LogP contribution in [0.15, 0.2) is 36.4 Å². The van der Waals surface area contributed by atoms with E-state index in [4.69, 9.17) is 11.6 Å². The molecular weight excluding hydrogens is 371 g/mol. The van der Waals surface area contributed by atoms with Gasteiger partial charge in [0.15, 0.2) is 0 Å². The Morgan fingerprint density at radius 2 is 1.85 bits per heavy atom. The highest BCUT2D eigenvalue weighted by atomic mass is 35.5. The van der Waals surface area contributed by atoms with Gasteiger partial charge >= 0.3 is 6.18 Å². The summed E-state index contributed by atoms with van der Waals surface area (Å²) in [5.74, 6) is -0.541. The highest BCUT2D eigenvalue weighted by Crippen LogP contribution is 2.56. The second-order valence-corrected chi connectivity index (χ2v) is 6.91. The number of benzene rings is 2. The van der Waals surface area contributed by atoms with Crippen LogP contribution in [0.3, 0.4) is 0 Å². The number of hydrogen-bond acceptors (Lipinski definition) is 3. The van der Waals surface area contributed by atoms with Crippen LogP contribution in [0, 0.1) is 0 Å². The molecule has 0 radical (unpaired) electrons. The molecule has 1 heterocycles. The van der Waals surface area contributed by atoms with Crippen LogP contribution in [0.4, 0.5) is 13.2 Å². The number of carbonyl (C=O) groups is 1. The van der Waals surface area contributed by atoms with E-state index in [1.165, 1.54) is 29.2 Å². The van der Waals surface area contributed by atoms with Gasteiger partial charge in [-0.05, 0) is 17.7 Å². The molecule has 8 heteroatoms. The molecule has 1 fully saturated rings. The van der Waals surface area contributed by atoms with Gasteiger partial charge in [-0.1, -0.05) is 35.9 Å². The number of carbonyl (C=O) groups excluding carboxylic acids is 1. The van der Waals surface area contributed by atoms with Crippen molar-refractivity contribution < 1.29 is 28.2 Å². The number of rotatable bonds is 1. The number of fused-ring (bicyclic) bond motifs is 3. The Kier molecular flexibility index (Phi) is 3.63. The zero-order valence-electron chi connectivity index (χ0n) is 13.2. The summed E-state index contributed by atoms with van der Waals surface area (Å²) in [5, 5.41) is 19.9. The summed E-state index contributed by atoms with van der Waals surface area (Å²) in [6.45, 7) is 0.217. The van der Waals surface area contributed by atoms with Gasteiger partial charge in [0.05, 0.1) is 6.10 Å². The fourth-order valence-electron chi connectivity index (χ4n) is 3.56. The van der Waals surface area contributed by atoms with Crippen LogP contribution in [0.5, 0.6) is 0 Å². The maximum absolute atomic E-state index is 13.8. The van der Waals surface area contributed by atoms with E-state index >= 15 is 0 Å². The van der Waals surface area contributed by atoms with Gasteiger partial charge in [-0.3, -0.25) is 4.79 Å². The van der Waals surface area contributed by atoms with Gasteiger partial charge in [-0.2, -0.15) is 13.2 Å². The van der Waals surface area contributed by atoms with Crippen molar-refractivity contribution in [2.75, 3.05) is 13.1 Å². The number of aliphatic hydroxyl groups excluding tert-OH is 1. The Labute approximate surface area is 151 Å². The zero-order valence-corrected chi connectivity index (χ0v) is 14.0. The maximum atomic E-state index is 13.8. The van der Waals surface area contributed by atoms with Crippen LogP contribution in [-0.4, -0.2) is 46.4 Å². The summed E-state index contributed by atoms with van der Waals surface area (Å²) in [4.78, 5) is 13.8. The lowest BCUT2D eigenvalue weighted by atomic mass is 9.89. The van der Waals surface area contributed by atoms with Crippen molar-refractivity contribution in [2.24, 2.45) is 0 Å². The van der Waals surface area contributed by atoms with E-state index in [-0.39, 0.29) is 40.4 Å². The standard InChI is InChI=1S/C18H13ClF3NO3/c19-14-6-9(16(25)23-7-10(24)8-23)5-13-15(14)11-3-1-2-4-12(11)17(13,26)18(20,21)22/h1-6,10,24,26H,7-8H2. The van der Waals surface area contributed by atoms with Crippen LogP contribution in [0.1, 0.15) is 21.5 Å². The summed E-state index contributed by atoms with van der Waals surface area (Å²) >= 11 is 6.22. The highest BCUT2D eigenvalue weighted by molar-refractivity contribution is 6.34. The predicted octanol–water partition coefficient (Wildman–Crippen LogP) is 2.94. The molecule has 1 saturated heterocycles. The van der Waals surface area contributed by atoms with Crippen molar-refractivity contribution in [3.63, 3.8) is 0 Å². The summed E-state index contributed by atoms with van der Waals surface area (Å²) in [5.41, 5.74) is -3.81. The minimum absolute atomic E-state index is 0.0421. The van der Waals surface area contributed by atoms with Crippen LogP contribution in [0.2, 0.25) is 5.02 Å². The Hall–Kier alpha value is -2.09. The molecule has 136 valence electrons. The van der Waals surface area contributed by atoms with E-state index in [0.29, 0.717) is 0 Å². The molecule has 0 aromatic heterocycles. The molecule has 1 atom stereocenters. The first-order valence-corrected chi connectivity index (χ1v) is 8.22. The van der Waals surface area contributed by atoms with Gasteiger partial charge in [-0.15, -0.1) is 0 Å². The lowest BCUT2D eigenvalue weighted by Crippen LogP contribution is -2.53. The predicted molar refractivity (Wildman–Crippen MR) is 87.9 cm³/mol. The van der Waals surface area contributed by atoms with Gasteiger partial charge in [0.2, 0.25) is 5.60 Å². The third-order valence-corrected chi connectivity index (χ3v) is 5.17. The third-order valence-electron chi connectivity index (χ3n) is 4.87. The first-order chi connectivity index (χ1) is 12.1. The molecule has 2 aromatic rings. The second kappa shape index (κ2) is 5.45. The van der Waals surface area contributed by atoms with Crippen LogP contribution in [-0.2, 0) is 5.60 Å². The number of hydrogen-bond donors (Lipinski definition) is 2. The molecule has 2 N–H and O–H groups in total. The second-order valence-electron chi connectivity index (χ2n) is 6.50. The number of β-amino-alcohol motifs (C(OH)–C–C–N with tert-alkyl or cyclic N) is 1. The average molecular weight is 384 g/mol. The number of likely N-dealkylation sites (tertiary alicyclic amines) is 1. The number of aliphatic hydroxyl groups is 2. The maximum Gasteiger partial charge on any atom is 0.425 e. The van der Waals surface area contributed by atoms with E-state index < -0.39 is 29.4 Å². The minimum Gasteiger partial charge on any atom is -0.389 e. The van der Waals surface area contributed by atoms with E-state index in [1.807, 2.05) is 0 Å². The topological polar surface area (TPSA) is 60.8 Å². The highest BCUT2D eigenvalue weighted by Gasteiger charge is 2.61. The Bertz CT molecular complexity index is 924. The molecule has 1 aliphatic carbocycles. The van der Waals surface area contributed by atoms with Crippen LogP contribution >= 0.6 is 11.6 Å². The monoisotopic (exact) mass is 383 g/mol. The van der Waals surface area contributed by atoms with Gasteiger partial charge in [0.1, 0.15) is 0 Å². The van der Waals surface area contributed by atoms with Crippen LogP contribution in [0.25, 0.3) is 11.1 Å². The van der Waals surface area contributed by atoms with E-state index in [1.54, 1.807) is 6.07 Å². The fraction of sp³-hybridized carbons (Fsp3) is 0.278. The minimum atomic E-state index is -4.99. The van der Waals surface area contributed by atoms with Gasteiger partial charge in [0, 0.05) is 40.4 Å². The van der Waals surface area contributed by atoms with Crippen molar-refractivity contribution in [1.29, 1.82) is 0 Å². The molecule has 26 heavy (non-hydrogen) atoms. The average Bonchev–Trinajstić information content (AvgIpc) is 2.82. The lowest BCUT2D eigenvalue weighted by Gasteiger charge is -2.36. The SMILES string of the molecule is O=C(c1cc(Cl)c2c(c1)C(O)(C(F)(F)F)c1ccccc1-2)N1CC(O)C1. The molecule has 4 nitrogen and oxygen atoms in total. The van der Waals surface area contributed by atoms with Gasteiger partial charge < -0.3 is 15.1 Å². The largest absolute Gasteiger partial charge is 0.425 e. The molecule has 1 unspecified atom stereocenters. The van der Waals surface area contributed by atoms with Crippen molar-refractivity contribution >= 4 is 17.5 Å². The third kappa shape index (κ3) is 2.21. The quantitative estimate of drug-likeness (QED) is 0.796. The first-order valence-electron chi connectivity index (χ1n) is 7.85. The number of amides is 1. The molecule has 0 bridgehead atoms. The molecule has 1 amide bonds. The zero-order chi connectivity index (χ0) is 18.9. The Morgan fingerprint density at radius 3 is 2.46 bits per heavy atom. The first kappa shape index (κ1) is 17.3. The van der Waals surface area contributed by atoms with E-state index in [2.05, 4.69) is 0 Å². The molecule has 2 aromatic carbocycles. The lowest BCUT2D eigenvalue weighted by molar-refractivity contribution is -0.246. The molecule has 0 spiro atoms. The van der Waals surface area contributed by atoms with Crippen molar-refractivity contribution in [3.8, 4) is 11.1 Å². The van der Waals surface area contributed by atoms with E-state index in [0.717, 1.165) is 6.07 Å². The molecule has 1 aliphatic heterocycles. The number of alkyl halides is 3. The molecule has 4 rings (SSSR count). The molecular formula is C18H13ClF3NO3. The fourth-order valence-corrected chi connectivity index (χ4v) is 3.88. The number of nitrogens with zero attached hydrogens (tertiary/aromatic N) is 1. The Balaban J connectivity index is 1.92. The summed E-state index contributed by atoms with van der Waals surface area (Å²) < 4.78 is 41.5. The number of halogens is 4. The molecule has 0 saturated carbocycles. The van der Waals surface area contributed by atoms with Crippen molar-refractivity contribution in [1.82, 2.24) is 4.90 Å². The summed E-state index contributed by atoms with van der Waals surface area (Å²) in [6.07, 6.45) is -5.63. The summed E-state index contributed by atoms with van der Waals surface area (Å²) in [7, 11) is 0. The van der Waals surface area contributed by atoms with Gasteiger partial charge in [0.25, 0.3) is 5.91 Å². The van der Waals surface area contributed by atoms with E-state index in [9.17, 15) is 28.2 Å². The smallest absolute Gasteiger partial charge is 0.389 e. The van der Waals surface area contributed by atoms with Crippen molar-refractivity contribution in [3.05, 3.63) is 58.1 Å². The van der Waals surface area contributed by atoms with Gasteiger partial charge in [-0.25, -0.2) is 0 Å². The van der Waals surface area contributed by atoms with Crippen LogP contribution < -0.4 is 0 Å².